The molecule has 2 fully saturated rings. The van der Waals surface area contributed by atoms with Crippen molar-refractivity contribution in [1.82, 2.24) is 24.3 Å². The molecule has 6 rings (SSSR count). The number of ether oxygens (including phenoxy) is 2. The van der Waals surface area contributed by atoms with E-state index in [9.17, 15) is 5.26 Å². The summed E-state index contributed by atoms with van der Waals surface area (Å²) in [5.74, 6) is 1.87. The lowest BCUT2D eigenvalue weighted by Gasteiger charge is -2.29. The van der Waals surface area contributed by atoms with Gasteiger partial charge in [0.25, 0.3) is 5.88 Å². The fraction of sp³-hybridized carbons (Fsp3) is 0.419. The lowest BCUT2D eigenvalue weighted by Crippen LogP contribution is -2.34. The number of fused-ring (bicyclic) bond motifs is 1. The van der Waals surface area contributed by atoms with Crippen molar-refractivity contribution in [2.24, 2.45) is 5.92 Å². The smallest absolute Gasteiger partial charge is 0.259 e. The Labute approximate surface area is 235 Å². The number of benzene rings is 1. The monoisotopic (exact) mass is 537 g/mol. The van der Waals surface area contributed by atoms with E-state index in [4.69, 9.17) is 19.4 Å². The Morgan fingerprint density at radius 3 is 2.67 bits per heavy atom. The topological polar surface area (TPSA) is 91.8 Å². The van der Waals surface area contributed by atoms with Crippen LogP contribution in [0.2, 0.25) is 0 Å². The highest BCUT2D eigenvalue weighted by Gasteiger charge is 2.23. The molecule has 5 heterocycles. The molecule has 2 aliphatic rings. The van der Waals surface area contributed by atoms with Crippen molar-refractivity contribution in [3.8, 4) is 34.5 Å². The van der Waals surface area contributed by atoms with Crippen molar-refractivity contribution in [3.05, 3.63) is 60.6 Å². The number of anilines is 1. The molecule has 0 aliphatic carbocycles. The Morgan fingerprint density at radius 1 is 1.10 bits per heavy atom. The van der Waals surface area contributed by atoms with Crippen molar-refractivity contribution < 1.29 is 9.47 Å². The summed E-state index contributed by atoms with van der Waals surface area (Å²) in [7, 11) is 4.21. The van der Waals surface area contributed by atoms with E-state index in [0.717, 1.165) is 73.8 Å². The van der Waals surface area contributed by atoms with Gasteiger partial charge in [-0.2, -0.15) is 5.26 Å². The highest BCUT2D eigenvalue weighted by molar-refractivity contribution is 5.81. The van der Waals surface area contributed by atoms with Crippen LogP contribution in [0.15, 0.2) is 55.0 Å². The Morgan fingerprint density at radius 2 is 1.95 bits per heavy atom. The standard InChI is InChI=1S/C31H35N7O2/c1-36-14-3-5-23(19-36)21-40-31-30-33-13-15-38(30)29(28(35-31)24-9-7-22(17-32)8-10-24)25-11-12-27(34-18-25)37(2)20-26-6-4-16-39-26/h7-13,15,18,23,26H,3-6,14,16,19-21H2,1-2H3. The number of likely N-dealkylation sites (N-methyl/N-ethyl adjacent to an activating group) is 1. The Balaban J connectivity index is 1.37. The largest absolute Gasteiger partial charge is 0.475 e. The number of likely N-dealkylation sites (tertiary alicyclic amines) is 1. The van der Waals surface area contributed by atoms with Gasteiger partial charge in [-0.1, -0.05) is 12.1 Å². The molecule has 1 aromatic carbocycles. The summed E-state index contributed by atoms with van der Waals surface area (Å²) in [4.78, 5) is 19.0. The summed E-state index contributed by atoms with van der Waals surface area (Å²) in [5, 5.41) is 9.34. The molecule has 2 saturated heterocycles. The number of aromatic nitrogens is 4. The molecule has 0 N–H and O–H groups in total. The quantitative estimate of drug-likeness (QED) is 0.320. The van der Waals surface area contributed by atoms with Gasteiger partial charge in [0.2, 0.25) is 5.65 Å². The predicted octanol–water partition coefficient (Wildman–Crippen LogP) is 4.67. The molecule has 2 atom stereocenters. The number of rotatable bonds is 8. The van der Waals surface area contributed by atoms with Crippen molar-refractivity contribution >= 4 is 11.5 Å². The summed E-state index contributed by atoms with van der Waals surface area (Å²) in [6.07, 6.45) is 10.4. The first kappa shape index (κ1) is 26.2. The van der Waals surface area contributed by atoms with Gasteiger partial charge < -0.3 is 19.3 Å². The summed E-state index contributed by atoms with van der Waals surface area (Å²) in [6.45, 7) is 4.41. The first-order valence-corrected chi connectivity index (χ1v) is 14.1. The second-order valence-electron chi connectivity index (χ2n) is 10.9. The lowest BCUT2D eigenvalue weighted by molar-refractivity contribution is 0.116. The van der Waals surface area contributed by atoms with Crippen LogP contribution in [0.25, 0.3) is 28.2 Å². The van der Waals surface area contributed by atoms with Crippen LogP contribution in [-0.4, -0.2) is 77.3 Å². The number of imidazole rings is 1. The third-order valence-electron chi connectivity index (χ3n) is 7.89. The maximum absolute atomic E-state index is 9.34. The van der Waals surface area contributed by atoms with Gasteiger partial charge in [0.05, 0.1) is 35.7 Å². The Kier molecular flexibility index (Phi) is 7.62. The van der Waals surface area contributed by atoms with Crippen molar-refractivity contribution in [3.63, 3.8) is 0 Å². The zero-order valence-corrected chi connectivity index (χ0v) is 23.2. The van der Waals surface area contributed by atoms with E-state index < -0.39 is 0 Å². The van der Waals surface area contributed by atoms with Crippen LogP contribution < -0.4 is 9.64 Å². The van der Waals surface area contributed by atoms with Gasteiger partial charge in [-0.05, 0) is 63.5 Å². The number of hydrogen-bond donors (Lipinski definition) is 0. The molecular formula is C31H35N7O2. The van der Waals surface area contributed by atoms with Crippen LogP contribution in [0.5, 0.6) is 5.88 Å². The minimum atomic E-state index is 0.255. The number of hydrogen-bond acceptors (Lipinski definition) is 8. The van der Waals surface area contributed by atoms with Gasteiger partial charge in [0, 0.05) is 62.4 Å². The molecular weight excluding hydrogens is 502 g/mol. The zero-order valence-electron chi connectivity index (χ0n) is 23.2. The maximum atomic E-state index is 9.34. The van der Waals surface area contributed by atoms with E-state index in [0.29, 0.717) is 29.6 Å². The van der Waals surface area contributed by atoms with Crippen molar-refractivity contribution in [1.29, 1.82) is 5.26 Å². The highest BCUT2D eigenvalue weighted by Crippen LogP contribution is 2.35. The van der Waals surface area contributed by atoms with Crippen LogP contribution in [0.3, 0.4) is 0 Å². The maximum Gasteiger partial charge on any atom is 0.259 e. The van der Waals surface area contributed by atoms with Crippen LogP contribution in [0.1, 0.15) is 31.2 Å². The average molecular weight is 538 g/mol. The molecule has 0 saturated carbocycles. The first-order chi connectivity index (χ1) is 19.6. The Hall–Kier alpha value is -4.00. The fourth-order valence-corrected chi connectivity index (χ4v) is 5.78. The predicted molar refractivity (Wildman–Crippen MR) is 154 cm³/mol. The average Bonchev–Trinajstić information content (AvgIpc) is 3.69. The molecule has 3 aromatic heterocycles. The first-order valence-electron chi connectivity index (χ1n) is 14.1. The van der Waals surface area contributed by atoms with Crippen LogP contribution in [0.4, 0.5) is 5.82 Å². The normalized spacial score (nSPS) is 19.5. The van der Waals surface area contributed by atoms with Gasteiger partial charge in [-0.25, -0.2) is 15.0 Å². The number of nitrogens with zero attached hydrogens (tertiary/aromatic N) is 7. The van der Waals surface area contributed by atoms with Gasteiger partial charge in [-0.15, -0.1) is 0 Å². The fourth-order valence-electron chi connectivity index (χ4n) is 5.78. The minimum Gasteiger partial charge on any atom is -0.475 e. The van der Waals surface area contributed by atoms with Gasteiger partial charge in [-0.3, -0.25) is 4.40 Å². The number of piperidine rings is 1. The van der Waals surface area contributed by atoms with E-state index in [2.05, 4.69) is 41.0 Å². The number of nitriles is 1. The second-order valence-corrected chi connectivity index (χ2v) is 10.9. The van der Waals surface area contributed by atoms with Gasteiger partial charge >= 0.3 is 0 Å². The summed E-state index contributed by atoms with van der Waals surface area (Å²) in [6, 6.07) is 13.8. The third kappa shape index (κ3) is 5.51. The van der Waals surface area contributed by atoms with Crippen LogP contribution in [0, 0.1) is 17.2 Å². The van der Waals surface area contributed by atoms with Gasteiger partial charge in [0.15, 0.2) is 0 Å². The molecule has 9 heteroatoms. The van der Waals surface area contributed by atoms with E-state index >= 15 is 0 Å². The SMILES string of the molecule is CN1CCCC(COc2nc(-c3ccc(C#N)cc3)c(-c3ccc(N(C)CC4CCCO4)nc3)n3ccnc23)C1. The second kappa shape index (κ2) is 11.6. The summed E-state index contributed by atoms with van der Waals surface area (Å²) >= 11 is 0. The summed E-state index contributed by atoms with van der Waals surface area (Å²) < 4.78 is 14.2. The summed E-state index contributed by atoms with van der Waals surface area (Å²) in [5.41, 5.74) is 4.73. The molecule has 9 nitrogen and oxygen atoms in total. The molecule has 2 aliphatic heterocycles. The van der Waals surface area contributed by atoms with E-state index in [-0.39, 0.29) is 6.10 Å². The molecule has 2 unspecified atom stereocenters. The van der Waals surface area contributed by atoms with E-state index in [1.165, 1.54) is 6.42 Å². The van der Waals surface area contributed by atoms with E-state index in [1.807, 2.05) is 47.1 Å². The molecule has 206 valence electrons. The molecule has 40 heavy (non-hydrogen) atoms. The molecule has 0 amide bonds. The Bertz CT molecular complexity index is 1490. The van der Waals surface area contributed by atoms with Crippen molar-refractivity contribution in [2.45, 2.75) is 31.8 Å². The van der Waals surface area contributed by atoms with Crippen molar-refractivity contribution in [2.75, 3.05) is 51.8 Å². The molecule has 0 radical (unpaired) electrons. The molecule has 4 aromatic rings. The minimum absolute atomic E-state index is 0.255. The third-order valence-corrected chi connectivity index (χ3v) is 7.89. The number of pyridine rings is 1. The van der Waals surface area contributed by atoms with Crippen LogP contribution >= 0.6 is 0 Å². The molecule has 0 bridgehead atoms. The molecule has 0 spiro atoms. The van der Waals surface area contributed by atoms with Crippen LogP contribution in [-0.2, 0) is 4.74 Å². The van der Waals surface area contributed by atoms with Gasteiger partial charge in [0.1, 0.15) is 5.82 Å². The highest BCUT2D eigenvalue weighted by atomic mass is 16.5. The zero-order chi connectivity index (χ0) is 27.5. The lowest BCUT2D eigenvalue weighted by atomic mass is 10.00. The van der Waals surface area contributed by atoms with E-state index in [1.54, 1.807) is 6.20 Å².